The molecular formula is C18H17N3S. The molecule has 0 unspecified atom stereocenters. The molecule has 4 heteroatoms. The van der Waals surface area contributed by atoms with Gasteiger partial charge >= 0.3 is 0 Å². The van der Waals surface area contributed by atoms with Gasteiger partial charge < -0.3 is 9.55 Å². The third kappa shape index (κ3) is 2.29. The summed E-state index contributed by atoms with van der Waals surface area (Å²) in [5.41, 5.74) is 5.11. The molecule has 0 fully saturated rings. The van der Waals surface area contributed by atoms with Crippen molar-refractivity contribution in [1.82, 2.24) is 14.5 Å². The molecule has 1 aromatic carbocycles. The van der Waals surface area contributed by atoms with Gasteiger partial charge in [0.1, 0.15) is 0 Å². The van der Waals surface area contributed by atoms with Gasteiger partial charge in [0.2, 0.25) is 0 Å². The van der Waals surface area contributed by atoms with Crippen molar-refractivity contribution in [3.63, 3.8) is 0 Å². The first-order valence-electron chi connectivity index (χ1n) is 7.45. The largest absolute Gasteiger partial charge is 0.364 e. The number of aryl methyl sites for hydroxylation is 1. The van der Waals surface area contributed by atoms with Gasteiger partial charge in [0.05, 0.1) is 11.9 Å². The first-order chi connectivity index (χ1) is 10.8. The minimum Gasteiger partial charge on any atom is -0.364 e. The van der Waals surface area contributed by atoms with Gasteiger partial charge in [0, 0.05) is 35.0 Å². The lowest BCUT2D eigenvalue weighted by Gasteiger charge is -2.15. The van der Waals surface area contributed by atoms with Crippen LogP contribution in [-0.2, 0) is 13.5 Å². The Morgan fingerprint density at radius 3 is 2.91 bits per heavy atom. The van der Waals surface area contributed by atoms with Gasteiger partial charge in [-0.15, -0.1) is 0 Å². The predicted octanol–water partition coefficient (Wildman–Crippen LogP) is 4.28. The van der Waals surface area contributed by atoms with E-state index in [1.807, 2.05) is 18.5 Å². The Hall–Kier alpha value is -2.20. The highest BCUT2D eigenvalue weighted by Gasteiger charge is 2.19. The number of H-pyrrole nitrogens is 1. The number of aromatic amines is 1. The lowest BCUT2D eigenvalue weighted by molar-refractivity contribution is 0.778. The second-order valence-corrected chi connectivity index (χ2v) is 6.47. The predicted molar refractivity (Wildman–Crippen MR) is 90.0 cm³/mol. The molecule has 1 aliphatic rings. The molecule has 0 amide bonds. The lowest BCUT2D eigenvalue weighted by Crippen LogP contribution is -2.03. The summed E-state index contributed by atoms with van der Waals surface area (Å²) in [6, 6.07) is 12.5. The minimum atomic E-state index is 1.02. The van der Waals surface area contributed by atoms with Crippen LogP contribution >= 0.6 is 11.8 Å². The summed E-state index contributed by atoms with van der Waals surface area (Å²) < 4.78 is 2.19. The third-order valence-corrected chi connectivity index (χ3v) is 5.11. The SMILES string of the molecule is Cn1c(C2=CCCc3[nH]ccc32)cnc1Sc1ccccc1. The van der Waals surface area contributed by atoms with Crippen molar-refractivity contribution in [3.8, 4) is 0 Å². The van der Waals surface area contributed by atoms with Crippen LogP contribution in [0.1, 0.15) is 23.4 Å². The average molecular weight is 307 g/mol. The average Bonchev–Trinajstić information content (AvgIpc) is 3.16. The van der Waals surface area contributed by atoms with Crippen LogP contribution in [0, 0.1) is 0 Å². The van der Waals surface area contributed by atoms with Gasteiger partial charge in [-0.3, -0.25) is 0 Å². The second kappa shape index (κ2) is 5.54. The highest BCUT2D eigenvalue weighted by atomic mass is 32.2. The summed E-state index contributed by atoms with van der Waals surface area (Å²) in [5, 5.41) is 1.02. The van der Waals surface area contributed by atoms with E-state index in [-0.39, 0.29) is 0 Å². The van der Waals surface area contributed by atoms with Crippen LogP contribution < -0.4 is 0 Å². The van der Waals surface area contributed by atoms with Crippen LogP contribution in [-0.4, -0.2) is 14.5 Å². The zero-order valence-electron chi connectivity index (χ0n) is 12.4. The van der Waals surface area contributed by atoms with Crippen LogP contribution in [0.4, 0.5) is 0 Å². The fourth-order valence-electron chi connectivity index (χ4n) is 2.91. The van der Waals surface area contributed by atoms with Crippen molar-refractivity contribution in [1.29, 1.82) is 0 Å². The number of aromatic nitrogens is 3. The summed E-state index contributed by atoms with van der Waals surface area (Å²) in [5.74, 6) is 0. The van der Waals surface area contributed by atoms with Crippen LogP contribution in [0.3, 0.4) is 0 Å². The maximum absolute atomic E-state index is 4.62. The number of hydrogen-bond acceptors (Lipinski definition) is 2. The molecular weight excluding hydrogens is 290 g/mol. The fraction of sp³-hybridized carbons (Fsp3) is 0.167. The summed E-state index contributed by atoms with van der Waals surface area (Å²) in [4.78, 5) is 9.18. The van der Waals surface area contributed by atoms with Gasteiger partial charge in [-0.2, -0.15) is 0 Å². The van der Waals surface area contributed by atoms with Crippen molar-refractivity contribution < 1.29 is 0 Å². The maximum Gasteiger partial charge on any atom is 0.173 e. The van der Waals surface area contributed by atoms with E-state index in [0.717, 1.165) is 18.0 Å². The summed E-state index contributed by atoms with van der Waals surface area (Å²) in [6.45, 7) is 0. The number of fused-ring (bicyclic) bond motifs is 1. The monoisotopic (exact) mass is 307 g/mol. The molecule has 0 aliphatic heterocycles. The molecule has 110 valence electrons. The molecule has 1 N–H and O–H groups in total. The molecule has 0 radical (unpaired) electrons. The maximum atomic E-state index is 4.62. The van der Waals surface area contributed by atoms with Crippen molar-refractivity contribution in [3.05, 3.63) is 71.8 Å². The number of nitrogens with zero attached hydrogens (tertiary/aromatic N) is 2. The van der Waals surface area contributed by atoms with Crippen LogP contribution in [0.25, 0.3) is 5.57 Å². The van der Waals surface area contributed by atoms with E-state index in [4.69, 9.17) is 0 Å². The molecule has 2 aromatic heterocycles. The molecule has 3 nitrogen and oxygen atoms in total. The number of rotatable bonds is 3. The van der Waals surface area contributed by atoms with Crippen molar-refractivity contribution in [2.24, 2.45) is 7.05 Å². The van der Waals surface area contributed by atoms with E-state index >= 15 is 0 Å². The third-order valence-electron chi connectivity index (χ3n) is 4.04. The molecule has 2 heterocycles. The van der Waals surface area contributed by atoms with Gasteiger partial charge in [-0.1, -0.05) is 36.0 Å². The number of nitrogens with one attached hydrogen (secondary N) is 1. The molecule has 4 rings (SSSR count). The van der Waals surface area contributed by atoms with Gasteiger partial charge in [-0.05, 0) is 31.0 Å². The van der Waals surface area contributed by atoms with Crippen molar-refractivity contribution >= 4 is 17.3 Å². The summed E-state index contributed by atoms with van der Waals surface area (Å²) >= 11 is 1.70. The van der Waals surface area contributed by atoms with Crippen LogP contribution in [0.2, 0.25) is 0 Å². The normalized spacial score (nSPS) is 13.8. The van der Waals surface area contributed by atoms with Crippen LogP contribution in [0.5, 0.6) is 0 Å². The van der Waals surface area contributed by atoms with E-state index in [0.29, 0.717) is 0 Å². The van der Waals surface area contributed by atoms with E-state index in [1.54, 1.807) is 11.8 Å². The van der Waals surface area contributed by atoms with E-state index in [1.165, 1.54) is 27.4 Å². The highest BCUT2D eigenvalue weighted by Crippen LogP contribution is 2.34. The Morgan fingerprint density at radius 1 is 1.18 bits per heavy atom. The number of allylic oxidation sites excluding steroid dienone is 1. The molecule has 0 saturated carbocycles. The Bertz CT molecular complexity index is 827. The van der Waals surface area contributed by atoms with Gasteiger partial charge in [0.15, 0.2) is 5.16 Å². The number of benzene rings is 1. The van der Waals surface area contributed by atoms with Gasteiger partial charge in [0.25, 0.3) is 0 Å². The molecule has 0 atom stereocenters. The second-order valence-electron chi connectivity index (χ2n) is 5.43. The highest BCUT2D eigenvalue weighted by molar-refractivity contribution is 7.99. The lowest BCUT2D eigenvalue weighted by atomic mass is 9.95. The molecule has 22 heavy (non-hydrogen) atoms. The van der Waals surface area contributed by atoms with E-state index < -0.39 is 0 Å². The van der Waals surface area contributed by atoms with E-state index in [9.17, 15) is 0 Å². The Labute approximate surface area is 134 Å². The van der Waals surface area contributed by atoms with Crippen LogP contribution in [0.15, 0.2) is 64.9 Å². The van der Waals surface area contributed by atoms with Crippen molar-refractivity contribution in [2.75, 3.05) is 0 Å². The summed E-state index contributed by atoms with van der Waals surface area (Å²) in [6.07, 6.45) is 8.51. The zero-order valence-corrected chi connectivity index (χ0v) is 13.2. The quantitative estimate of drug-likeness (QED) is 0.783. The first-order valence-corrected chi connectivity index (χ1v) is 8.26. The number of hydrogen-bond donors (Lipinski definition) is 1. The first kappa shape index (κ1) is 13.5. The topological polar surface area (TPSA) is 33.6 Å². The van der Waals surface area contributed by atoms with Gasteiger partial charge in [-0.25, -0.2) is 4.98 Å². The Kier molecular flexibility index (Phi) is 3.39. The fourth-order valence-corrected chi connectivity index (χ4v) is 3.75. The molecule has 0 saturated heterocycles. The Balaban J connectivity index is 1.69. The minimum absolute atomic E-state index is 1.02. The molecule has 3 aromatic rings. The Morgan fingerprint density at radius 2 is 2.05 bits per heavy atom. The number of imidazole rings is 1. The van der Waals surface area contributed by atoms with Crippen molar-refractivity contribution in [2.45, 2.75) is 22.9 Å². The summed E-state index contributed by atoms with van der Waals surface area (Å²) in [7, 11) is 2.09. The van der Waals surface area contributed by atoms with E-state index in [2.05, 4.69) is 58.0 Å². The molecule has 1 aliphatic carbocycles. The molecule has 0 spiro atoms. The smallest absolute Gasteiger partial charge is 0.173 e. The zero-order chi connectivity index (χ0) is 14.9. The molecule has 0 bridgehead atoms. The standard InChI is InChI=1S/C18H17N3S/c1-21-17(15-8-5-9-16-14(15)10-11-19-16)12-20-18(21)22-13-6-3-2-4-7-13/h2-4,6-8,10-12,19H,5,9H2,1H3.